The van der Waals surface area contributed by atoms with E-state index in [4.69, 9.17) is 0 Å². The fraction of sp³-hybridized carbons (Fsp3) is 0.600. The van der Waals surface area contributed by atoms with Crippen LogP contribution in [-0.4, -0.2) is 9.67 Å². The second-order valence-corrected chi connectivity index (χ2v) is 3.66. The monoisotopic (exact) mass is 167 g/mol. The molecule has 0 amide bonds. The van der Waals surface area contributed by atoms with Crippen molar-refractivity contribution in [3.05, 3.63) is 24.0 Å². The maximum Gasteiger partial charge on any atom is 0.0911 e. The van der Waals surface area contributed by atoms with E-state index >= 15 is 0 Å². The summed E-state index contributed by atoms with van der Waals surface area (Å²) < 4.78 is 2.11. The van der Waals surface area contributed by atoms with Gasteiger partial charge in [0.1, 0.15) is 0 Å². The first-order valence-corrected chi connectivity index (χ1v) is 4.44. The molecule has 0 saturated carbocycles. The largest absolute Gasteiger partial charge is 0.387 e. The summed E-state index contributed by atoms with van der Waals surface area (Å²) in [4.78, 5) is 0. The van der Waals surface area contributed by atoms with Gasteiger partial charge in [-0.25, -0.2) is 0 Å². The molecule has 2 heteroatoms. The average Bonchev–Trinajstić information content (AvgIpc) is 2.33. The van der Waals surface area contributed by atoms with Gasteiger partial charge in [-0.15, -0.1) is 0 Å². The van der Waals surface area contributed by atoms with E-state index in [-0.39, 0.29) is 6.10 Å². The van der Waals surface area contributed by atoms with E-state index in [9.17, 15) is 5.11 Å². The second-order valence-electron chi connectivity index (χ2n) is 3.66. The van der Waals surface area contributed by atoms with Crippen molar-refractivity contribution in [2.45, 2.75) is 33.4 Å². The number of aliphatic hydroxyl groups is 1. The van der Waals surface area contributed by atoms with E-state index in [1.54, 1.807) is 6.92 Å². The van der Waals surface area contributed by atoms with Crippen molar-refractivity contribution in [1.82, 2.24) is 4.57 Å². The molecule has 1 unspecified atom stereocenters. The molecule has 0 spiro atoms. The van der Waals surface area contributed by atoms with Gasteiger partial charge in [0.25, 0.3) is 0 Å². The Morgan fingerprint density at radius 2 is 2.08 bits per heavy atom. The highest BCUT2D eigenvalue weighted by atomic mass is 16.3. The van der Waals surface area contributed by atoms with Crippen LogP contribution in [0.25, 0.3) is 0 Å². The topological polar surface area (TPSA) is 25.2 Å². The lowest BCUT2D eigenvalue weighted by Gasteiger charge is -2.12. The summed E-state index contributed by atoms with van der Waals surface area (Å²) in [5.74, 6) is 0.620. The molecular formula is C10H17NO. The lowest BCUT2D eigenvalue weighted by molar-refractivity contribution is 0.188. The summed E-state index contributed by atoms with van der Waals surface area (Å²) in [5.41, 5.74) is 1.00. The fourth-order valence-electron chi connectivity index (χ4n) is 1.37. The molecule has 0 radical (unpaired) electrons. The van der Waals surface area contributed by atoms with E-state index in [0.717, 1.165) is 12.2 Å². The highest BCUT2D eigenvalue weighted by Gasteiger charge is 2.06. The number of rotatable bonds is 3. The van der Waals surface area contributed by atoms with Crippen LogP contribution in [0.2, 0.25) is 0 Å². The molecule has 1 atom stereocenters. The molecule has 68 valence electrons. The highest BCUT2D eigenvalue weighted by molar-refractivity contribution is 5.09. The molecule has 0 aliphatic carbocycles. The molecule has 0 aliphatic rings. The van der Waals surface area contributed by atoms with Gasteiger partial charge in [0.15, 0.2) is 0 Å². The summed E-state index contributed by atoms with van der Waals surface area (Å²) in [7, 11) is 0. The minimum atomic E-state index is -0.362. The molecule has 1 rings (SSSR count). The van der Waals surface area contributed by atoms with Crippen LogP contribution < -0.4 is 0 Å². The van der Waals surface area contributed by atoms with Crippen LogP contribution in [0.3, 0.4) is 0 Å². The van der Waals surface area contributed by atoms with E-state index in [1.807, 2.05) is 18.3 Å². The predicted octanol–water partition coefficient (Wildman–Crippen LogP) is 2.20. The quantitative estimate of drug-likeness (QED) is 0.733. The Morgan fingerprint density at radius 1 is 1.42 bits per heavy atom. The summed E-state index contributed by atoms with van der Waals surface area (Å²) in [6.07, 6.45) is 1.65. The number of nitrogens with zero attached hydrogens (tertiary/aromatic N) is 1. The van der Waals surface area contributed by atoms with Gasteiger partial charge in [0, 0.05) is 18.4 Å². The zero-order chi connectivity index (χ0) is 9.14. The Kier molecular flexibility index (Phi) is 2.93. The van der Waals surface area contributed by atoms with Gasteiger partial charge in [-0.2, -0.15) is 0 Å². The Balaban J connectivity index is 2.77. The fourth-order valence-corrected chi connectivity index (χ4v) is 1.37. The zero-order valence-electron chi connectivity index (χ0n) is 7.99. The van der Waals surface area contributed by atoms with Crippen molar-refractivity contribution in [3.63, 3.8) is 0 Å². The Labute approximate surface area is 73.8 Å². The van der Waals surface area contributed by atoms with Gasteiger partial charge >= 0.3 is 0 Å². The summed E-state index contributed by atoms with van der Waals surface area (Å²) in [6, 6.07) is 3.94. The molecule has 1 aromatic heterocycles. The van der Waals surface area contributed by atoms with E-state index in [0.29, 0.717) is 5.92 Å². The van der Waals surface area contributed by atoms with Crippen LogP contribution >= 0.6 is 0 Å². The highest BCUT2D eigenvalue weighted by Crippen LogP contribution is 2.14. The van der Waals surface area contributed by atoms with Gasteiger partial charge in [-0.1, -0.05) is 13.8 Å². The van der Waals surface area contributed by atoms with Crippen LogP contribution in [0.4, 0.5) is 0 Å². The summed E-state index contributed by atoms with van der Waals surface area (Å²) >= 11 is 0. The summed E-state index contributed by atoms with van der Waals surface area (Å²) in [6.45, 7) is 7.12. The Morgan fingerprint density at radius 3 is 2.58 bits per heavy atom. The second kappa shape index (κ2) is 3.76. The first kappa shape index (κ1) is 9.33. The number of aromatic nitrogens is 1. The standard InChI is InChI=1S/C10H17NO/c1-8(2)7-11-6-4-5-10(11)9(3)12/h4-6,8-9,12H,7H2,1-3H3. The third-order valence-corrected chi connectivity index (χ3v) is 1.85. The van der Waals surface area contributed by atoms with Crippen molar-refractivity contribution in [3.8, 4) is 0 Å². The third kappa shape index (κ3) is 2.11. The minimum Gasteiger partial charge on any atom is -0.387 e. The molecule has 0 bridgehead atoms. The van der Waals surface area contributed by atoms with Crippen LogP contribution in [0.5, 0.6) is 0 Å². The van der Waals surface area contributed by atoms with Crippen LogP contribution in [0.1, 0.15) is 32.6 Å². The molecule has 1 aromatic rings. The maximum atomic E-state index is 9.39. The van der Waals surface area contributed by atoms with Crippen molar-refractivity contribution < 1.29 is 5.11 Å². The smallest absolute Gasteiger partial charge is 0.0911 e. The first-order chi connectivity index (χ1) is 5.61. The Bertz CT molecular complexity index is 238. The van der Waals surface area contributed by atoms with Crippen molar-refractivity contribution in [2.75, 3.05) is 0 Å². The minimum absolute atomic E-state index is 0.362. The first-order valence-electron chi connectivity index (χ1n) is 4.44. The molecule has 0 saturated heterocycles. The van der Waals surface area contributed by atoms with E-state index in [1.165, 1.54) is 0 Å². The third-order valence-electron chi connectivity index (χ3n) is 1.85. The molecule has 0 fully saturated rings. The lowest BCUT2D eigenvalue weighted by Crippen LogP contribution is -2.08. The molecule has 2 nitrogen and oxygen atoms in total. The van der Waals surface area contributed by atoms with Crippen LogP contribution in [0, 0.1) is 5.92 Å². The number of hydrogen-bond acceptors (Lipinski definition) is 1. The SMILES string of the molecule is CC(C)Cn1cccc1C(C)O. The molecule has 0 aromatic carbocycles. The maximum absolute atomic E-state index is 9.39. The van der Waals surface area contributed by atoms with Gasteiger partial charge in [0.05, 0.1) is 6.10 Å². The average molecular weight is 167 g/mol. The zero-order valence-corrected chi connectivity index (χ0v) is 7.99. The van der Waals surface area contributed by atoms with E-state index < -0.39 is 0 Å². The van der Waals surface area contributed by atoms with Crippen molar-refractivity contribution in [1.29, 1.82) is 0 Å². The van der Waals surface area contributed by atoms with Crippen molar-refractivity contribution in [2.24, 2.45) is 5.92 Å². The summed E-state index contributed by atoms with van der Waals surface area (Å²) in [5, 5.41) is 9.39. The normalized spacial score (nSPS) is 13.8. The Hall–Kier alpha value is -0.760. The molecule has 1 heterocycles. The predicted molar refractivity (Wildman–Crippen MR) is 49.9 cm³/mol. The van der Waals surface area contributed by atoms with E-state index in [2.05, 4.69) is 18.4 Å². The lowest BCUT2D eigenvalue weighted by atomic mass is 10.2. The van der Waals surface area contributed by atoms with Gasteiger partial charge < -0.3 is 9.67 Å². The van der Waals surface area contributed by atoms with Crippen LogP contribution in [-0.2, 0) is 6.54 Å². The van der Waals surface area contributed by atoms with Gasteiger partial charge in [-0.05, 0) is 25.0 Å². The van der Waals surface area contributed by atoms with Crippen molar-refractivity contribution >= 4 is 0 Å². The van der Waals surface area contributed by atoms with Gasteiger partial charge in [-0.3, -0.25) is 0 Å². The molecule has 1 N–H and O–H groups in total. The van der Waals surface area contributed by atoms with Crippen LogP contribution in [0.15, 0.2) is 18.3 Å². The molecular weight excluding hydrogens is 150 g/mol. The number of hydrogen-bond donors (Lipinski definition) is 1. The number of aliphatic hydroxyl groups excluding tert-OH is 1. The molecule has 12 heavy (non-hydrogen) atoms. The van der Waals surface area contributed by atoms with Gasteiger partial charge in [0.2, 0.25) is 0 Å². The molecule has 0 aliphatic heterocycles.